The van der Waals surface area contributed by atoms with Gasteiger partial charge in [0.25, 0.3) is 0 Å². The van der Waals surface area contributed by atoms with Crippen molar-refractivity contribution in [1.29, 1.82) is 0 Å². The lowest BCUT2D eigenvalue weighted by atomic mass is 9.95. The van der Waals surface area contributed by atoms with Crippen LogP contribution in [0.4, 0.5) is 8.78 Å². The third kappa shape index (κ3) is 3.11. The Hall–Kier alpha value is -2.01. The average Bonchev–Trinajstić information content (AvgIpc) is 2.38. The lowest BCUT2D eigenvalue weighted by Crippen LogP contribution is -2.18. The molecule has 0 radical (unpaired) electrons. The van der Waals surface area contributed by atoms with Crippen LogP contribution >= 0.6 is 11.6 Å². The molecule has 0 fully saturated rings. The number of pyridine rings is 1. The van der Waals surface area contributed by atoms with Crippen molar-refractivity contribution in [3.8, 4) is 0 Å². The summed E-state index contributed by atoms with van der Waals surface area (Å²) in [7, 11) is 0. The second kappa shape index (κ2) is 5.96. The van der Waals surface area contributed by atoms with Crippen LogP contribution in [-0.2, 0) is 11.2 Å². The highest BCUT2D eigenvalue weighted by Gasteiger charge is 2.26. The van der Waals surface area contributed by atoms with E-state index >= 15 is 0 Å². The van der Waals surface area contributed by atoms with Crippen molar-refractivity contribution < 1.29 is 18.7 Å². The lowest BCUT2D eigenvalue weighted by Gasteiger charge is -2.13. The van der Waals surface area contributed by atoms with E-state index in [9.17, 15) is 18.7 Å². The molecule has 0 saturated heterocycles. The van der Waals surface area contributed by atoms with Gasteiger partial charge in [0.1, 0.15) is 17.6 Å². The Morgan fingerprint density at radius 2 is 2.05 bits per heavy atom. The Morgan fingerprint density at radius 1 is 1.35 bits per heavy atom. The average molecular weight is 298 g/mol. The van der Waals surface area contributed by atoms with Gasteiger partial charge in [-0.1, -0.05) is 29.8 Å². The molecule has 0 saturated carbocycles. The van der Waals surface area contributed by atoms with Gasteiger partial charge in [-0.15, -0.1) is 0 Å². The number of benzene rings is 1. The SMILES string of the molecule is O=C(O)C(Cc1ccccc1Cl)c1ncc(F)cc1F. The molecule has 0 aliphatic carbocycles. The number of aromatic nitrogens is 1. The van der Waals surface area contributed by atoms with Crippen molar-refractivity contribution in [2.45, 2.75) is 12.3 Å². The maximum atomic E-state index is 13.7. The Labute approximate surface area is 118 Å². The van der Waals surface area contributed by atoms with Crippen molar-refractivity contribution in [1.82, 2.24) is 4.98 Å². The Kier molecular flexibility index (Phi) is 4.29. The molecule has 104 valence electrons. The Balaban J connectivity index is 2.37. The lowest BCUT2D eigenvalue weighted by molar-refractivity contribution is -0.138. The van der Waals surface area contributed by atoms with E-state index in [1.165, 1.54) is 0 Å². The van der Waals surface area contributed by atoms with E-state index in [4.69, 9.17) is 11.6 Å². The smallest absolute Gasteiger partial charge is 0.313 e. The van der Waals surface area contributed by atoms with Crippen LogP contribution in [0, 0.1) is 11.6 Å². The molecular weight excluding hydrogens is 288 g/mol. The summed E-state index contributed by atoms with van der Waals surface area (Å²) >= 11 is 5.96. The zero-order valence-corrected chi connectivity index (χ0v) is 10.9. The number of halogens is 3. The van der Waals surface area contributed by atoms with E-state index in [2.05, 4.69) is 4.98 Å². The van der Waals surface area contributed by atoms with Gasteiger partial charge in [-0.05, 0) is 18.1 Å². The summed E-state index contributed by atoms with van der Waals surface area (Å²) in [6.45, 7) is 0. The topological polar surface area (TPSA) is 50.2 Å². The van der Waals surface area contributed by atoms with Crippen molar-refractivity contribution in [2.75, 3.05) is 0 Å². The summed E-state index contributed by atoms with van der Waals surface area (Å²) in [5, 5.41) is 9.62. The molecule has 1 aromatic heterocycles. The molecular formula is C14H10ClF2NO2. The molecule has 0 spiro atoms. The highest BCUT2D eigenvalue weighted by molar-refractivity contribution is 6.31. The van der Waals surface area contributed by atoms with Crippen LogP contribution in [0.1, 0.15) is 17.2 Å². The third-order valence-corrected chi connectivity index (χ3v) is 3.22. The minimum Gasteiger partial charge on any atom is -0.481 e. The number of aliphatic carboxylic acids is 1. The van der Waals surface area contributed by atoms with Gasteiger partial charge in [0.2, 0.25) is 0 Å². The molecule has 1 atom stereocenters. The summed E-state index contributed by atoms with van der Waals surface area (Å²) in [5.74, 6) is -4.31. The Morgan fingerprint density at radius 3 is 2.65 bits per heavy atom. The predicted molar refractivity (Wildman–Crippen MR) is 69.7 cm³/mol. The number of carboxylic acids is 1. The van der Waals surface area contributed by atoms with Crippen LogP contribution in [0.25, 0.3) is 0 Å². The zero-order chi connectivity index (χ0) is 14.7. The molecule has 3 nitrogen and oxygen atoms in total. The van der Waals surface area contributed by atoms with Crippen LogP contribution in [-0.4, -0.2) is 16.1 Å². The van der Waals surface area contributed by atoms with Crippen LogP contribution in [0.2, 0.25) is 5.02 Å². The summed E-state index contributed by atoms with van der Waals surface area (Å²) in [6.07, 6.45) is 0.769. The number of hydrogen-bond acceptors (Lipinski definition) is 2. The number of carbonyl (C=O) groups is 1. The van der Waals surface area contributed by atoms with Gasteiger partial charge in [0, 0.05) is 11.1 Å². The van der Waals surface area contributed by atoms with Gasteiger partial charge < -0.3 is 5.11 Å². The zero-order valence-electron chi connectivity index (χ0n) is 10.2. The molecule has 1 aromatic carbocycles. The molecule has 0 bridgehead atoms. The summed E-state index contributed by atoms with van der Waals surface area (Å²) in [6, 6.07) is 7.29. The van der Waals surface area contributed by atoms with Crippen LogP contribution < -0.4 is 0 Å². The fourth-order valence-electron chi connectivity index (χ4n) is 1.87. The number of nitrogens with zero attached hydrogens (tertiary/aromatic N) is 1. The molecule has 1 heterocycles. The third-order valence-electron chi connectivity index (χ3n) is 2.85. The van der Waals surface area contributed by atoms with Crippen molar-refractivity contribution in [3.05, 3.63) is 64.4 Å². The number of carboxylic acid groups (broad SMARTS) is 1. The molecule has 2 rings (SSSR count). The van der Waals surface area contributed by atoms with Gasteiger partial charge in [-0.25, -0.2) is 8.78 Å². The minimum absolute atomic E-state index is 0.0233. The second-order valence-corrected chi connectivity index (χ2v) is 4.61. The first-order valence-corrected chi connectivity index (χ1v) is 6.14. The number of hydrogen-bond donors (Lipinski definition) is 1. The van der Waals surface area contributed by atoms with Crippen LogP contribution in [0.3, 0.4) is 0 Å². The Bertz CT molecular complexity index is 649. The van der Waals surface area contributed by atoms with Crippen molar-refractivity contribution in [3.63, 3.8) is 0 Å². The predicted octanol–water partition coefficient (Wildman–Crippen LogP) is 3.42. The highest BCUT2D eigenvalue weighted by atomic mass is 35.5. The number of rotatable bonds is 4. The normalized spacial score (nSPS) is 12.2. The first kappa shape index (κ1) is 14.4. The first-order valence-electron chi connectivity index (χ1n) is 5.76. The molecule has 20 heavy (non-hydrogen) atoms. The molecule has 0 aliphatic rings. The highest BCUT2D eigenvalue weighted by Crippen LogP contribution is 2.26. The van der Waals surface area contributed by atoms with Crippen molar-refractivity contribution in [2.24, 2.45) is 0 Å². The van der Waals surface area contributed by atoms with Crippen LogP contribution in [0.5, 0.6) is 0 Å². The molecule has 6 heteroatoms. The summed E-state index contributed by atoms with van der Waals surface area (Å²) in [5.41, 5.74) is 0.255. The fourth-order valence-corrected chi connectivity index (χ4v) is 2.08. The maximum absolute atomic E-state index is 13.7. The first-order chi connectivity index (χ1) is 9.49. The monoisotopic (exact) mass is 297 g/mol. The molecule has 1 N–H and O–H groups in total. The van der Waals surface area contributed by atoms with E-state index in [1.807, 2.05) is 0 Å². The van der Waals surface area contributed by atoms with Gasteiger partial charge in [-0.2, -0.15) is 0 Å². The maximum Gasteiger partial charge on any atom is 0.313 e. The largest absolute Gasteiger partial charge is 0.481 e. The van der Waals surface area contributed by atoms with E-state index in [-0.39, 0.29) is 12.1 Å². The van der Waals surface area contributed by atoms with E-state index in [0.717, 1.165) is 6.20 Å². The van der Waals surface area contributed by atoms with Gasteiger partial charge in [0.05, 0.1) is 11.9 Å². The molecule has 0 amide bonds. The van der Waals surface area contributed by atoms with Crippen LogP contribution in [0.15, 0.2) is 36.5 Å². The minimum atomic E-state index is -1.25. The van der Waals surface area contributed by atoms with Gasteiger partial charge in [0.15, 0.2) is 0 Å². The quantitative estimate of drug-likeness (QED) is 0.940. The van der Waals surface area contributed by atoms with E-state index in [0.29, 0.717) is 16.7 Å². The van der Waals surface area contributed by atoms with Gasteiger partial charge >= 0.3 is 5.97 Å². The van der Waals surface area contributed by atoms with Gasteiger partial charge in [-0.3, -0.25) is 9.78 Å². The molecule has 0 aliphatic heterocycles. The fraction of sp³-hybridized carbons (Fsp3) is 0.143. The molecule has 1 unspecified atom stereocenters. The summed E-state index contributed by atoms with van der Waals surface area (Å²) < 4.78 is 26.5. The standard InChI is InChI=1S/C14H10ClF2NO2/c15-11-4-2-1-3-8(11)5-10(14(19)20)13-12(17)6-9(16)7-18-13/h1-4,6-7,10H,5H2,(H,19,20). The van der Waals surface area contributed by atoms with E-state index < -0.39 is 23.5 Å². The van der Waals surface area contributed by atoms with E-state index in [1.54, 1.807) is 24.3 Å². The summed E-state index contributed by atoms with van der Waals surface area (Å²) in [4.78, 5) is 14.9. The van der Waals surface area contributed by atoms with Crippen molar-refractivity contribution >= 4 is 17.6 Å². The second-order valence-electron chi connectivity index (χ2n) is 4.21. The molecule has 2 aromatic rings.